The first kappa shape index (κ1) is 77.8. The molecule has 97 heavy (non-hydrogen) atoms. The van der Waals surface area contributed by atoms with Crippen LogP contribution in [0.4, 0.5) is 0 Å². The second-order valence-electron chi connectivity index (χ2n) is 29.8. The van der Waals surface area contributed by atoms with Crippen molar-refractivity contribution in [2.45, 2.75) is 310 Å². The van der Waals surface area contributed by atoms with Gasteiger partial charge in [0.25, 0.3) is 0 Å². The molecule has 10 rings (SSSR count). The molecule has 3 saturated carbocycles. The Labute approximate surface area is 562 Å². The number of carbonyl (C=O) groups excluding carboxylic acids is 1. The normalized spacial score (nSPS) is 51.5. The number of allylic oxidation sites excluding steroid dienone is 2. The molecule has 0 aromatic rings. The van der Waals surface area contributed by atoms with E-state index in [2.05, 4.69) is 19.9 Å². The Bertz CT molecular complexity index is 2790. The van der Waals surface area contributed by atoms with Gasteiger partial charge in [-0.15, -0.1) is 0 Å². The lowest BCUT2D eigenvalue weighted by Crippen LogP contribution is -2.67. The van der Waals surface area contributed by atoms with Crippen LogP contribution in [0.2, 0.25) is 0 Å². The van der Waals surface area contributed by atoms with Gasteiger partial charge in [0, 0.05) is 12.3 Å². The number of rotatable bonds is 21. The van der Waals surface area contributed by atoms with E-state index in [1.165, 1.54) is 20.8 Å². The van der Waals surface area contributed by atoms with E-state index < -0.39 is 243 Å². The first-order valence-electron chi connectivity index (χ1n) is 33.9. The lowest BCUT2D eigenvalue weighted by molar-refractivity contribution is -0.402. The van der Waals surface area contributed by atoms with E-state index in [0.29, 0.717) is 32.1 Å². The molecule has 0 spiro atoms. The molecule has 0 aromatic heterocycles. The molecule has 0 aromatic carbocycles. The summed E-state index contributed by atoms with van der Waals surface area (Å²) in [4.78, 5) is 13.6. The Kier molecular flexibility index (Phi) is 24.3. The second kappa shape index (κ2) is 30.3. The van der Waals surface area contributed by atoms with Crippen molar-refractivity contribution in [2.75, 3.05) is 19.8 Å². The van der Waals surface area contributed by atoms with Crippen LogP contribution in [0.1, 0.15) is 114 Å². The number of ether oxygens (including phenoxy) is 12. The second-order valence-corrected chi connectivity index (χ2v) is 30.9. The molecule has 0 radical (unpaired) electrons. The smallest absolute Gasteiger partial charge is 0.394 e. The molecule has 560 valence electrons. The molecule has 33 nitrogen and oxygen atoms in total. The van der Waals surface area contributed by atoms with Gasteiger partial charge in [0.05, 0.1) is 55.9 Å². The molecule has 10 aliphatic rings. The predicted molar refractivity (Wildman–Crippen MR) is 323 cm³/mol. The van der Waals surface area contributed by atoms with Crippen LogP contribution < -0.4 is 0 Å². The number of ketones is 1. The summed E-state index contributed by atoms with van der Waals surface area (Å²) in [5, 5.41) is 179. The standard InChI is InChI=1S/C63H104O33S/c1-22(2)23(3)32(66)18-63(9,80)37-11-10-29-28-17-33(31-16-27(96-97(81,82)83)12-14-61(31,7)30(28)13-15-62(29,37)8)88-57-49(78)52(40(69)25(5)86-57)93-59-53(94-55-47(76)44(73)38(67)24(4)85-55)43(72)36(21-84-59)91-60-54(46(75)42(71)35(20-65)90-60)95-58-50(79)51(39(68)26(6)87-58)92-56-48(77)45(74)41(70)34(19-64)89-56/h13,22-29,31,33-60,64-65,67-80H,10-12,14-21H2,1-9H3,(H,81,82,83)/t23-,24-,25-,26-,27+,28+,29+,31-,33+,34-,35-,36-,37+,38-,39+,40-,41+,42+,43+,44+,45+,46+,47-,48-,49-,50-,51+,52+,53-,54-,55+,56+,57+,58+,59+,60+,61-,62+,63+/m1/s1. The van der Waals surface area contributed by atoms with Crippen LogP contribution in [0.25, 0.3) is 0 Å². The molecule has 9 fully saturated rings. The summed E-state index contributed by atoms with van der Waals surface area (Å²) >= 11 is 0. The van der Waals surface area contributed by atoms with Crippen LogP contribution in [0.15, 0.2) is 11.6 Å². The Hall–Kier alpha value is -1.84. The summed E-state index contributed by atoms with van der Waals surface area (Å²) in [7, 11) is -4.92. The predicted octanol–water partition coefficient (Wildman–Crippen LogP) is -4.61. The number of carbonyl (C=O) groups is 1. The zero-order chi connectivity index (χ0) is 71.2. The first-order valence-corrected chi connectivity index (χ1v) is 35.2. The molecule has 6 saturated heterocycles. The fraction of sp³-hybridized carbons (Fsp3) is 0.952. The van der Waals surface area contributed by atoms with E-state index in [0.717, 1.165) is 5.57 Å². The summed E-state index contributed by atoms with van der Waals surface area (Å²) in [6.45, 7) is 13.3. The van der Waals surface area contributed by atoms with Gasteiger partial charge in [0.1, 0.15) is 128 Å². The quantitative estimate of drug-likeness (QED) is 0.0380. The Morgan fingerprint density at radius 2 is 1.05 bits per heavy atom. The minimum absolute atomic E-state index is 0.0215. The van der Waals surface area contributed by atoms with Gasteiger partial charge < -0.3 is 139 Å². The van der Waals surface area contributed by atoms with E-state index in [1.807, 2.05) is 20.8 Å². The highest BCUT2D eigenvalue weighted by atomic mass is 32.3. The zero-order valence-corrected chi connectivity index (χ0v) is 56.6. The Morgan fingerprint density at radius 1 is 0.567 bits per heavy atom. The van der Waals surface area contributed by atoms with E-state index in [1.54, 1.807) is 6.92 Å². The van der Waals surface area contributed by atoms with Gasteiger partial charge in [-0.25, -0.2) is 4.18 Å². The number of hydrogen-bond donors (Lipinski definition) is 17. The highest BCUT2D eigenvalue weighted by Gasteiger charge is 2.64. The number of Topliss-reactive ketones (excluding diaryl/α,β-unsaturated/α-hetero) is 1. The first-order chi connectivity index (χ1) is 45.3. The molecule has 0 unspecified atom stereocenters. The third kappa shape index (κ3) is 15.4. The minimum Gasteiger partial charge on any atom is -0.394 e. The lowest BCUT2D eigenvalue weighted by Gasteiger charge is -2.60. The molecule has 39 atom stereocenters. The Morgan fingerprint density at radius 3 is 1.62 bits per heavy atom. The van der Waals surface area contributed by atoms with E-state index in [9.17, 15) is 99.5 Å². The van der Waals surface area contributed by atoms with Crippen LogP contribution in [-0.2, 0) is 76.2 Å². The SMILES string of the molecule is CC(C)[C@@H](C)C(=O)C[C@](C)(O)[C@H]1CC[C@H]2[C@@H]3C[C@H](O[C@@H]4O[C@H](C)[C@@H](O)[C@H](O[C@@H]5OC[C@@H](O[C@@H]6O[C@H](CO)[C@H](O)[C@H](O)[C@H]6O[C@@H]6O[C@H](C)[C@H](O)[C@H](O[C@@H]7O[C@H](CO)[C@H](O)[C@H](O)[C@H]7O)[C@H]6O)[C@H](O)[C@H]5O[C@@H]5O[C@H](C)[C@@H](O)[C@H](O)[C@H]5O)[C@H]4O)[C@H]4C[C@@H](OS(=O)(=O)O)CC[C@]4(C)C3=CC[C@@]21C. The highest BCUT2D eigenvalue weighted by molar-refractivity contribution is 7.80. The van der Waals surface area contributed by atoms with E-state index >= 15 is 0 Å². The molecule has 17 N–H and O–H groups in total. The summed E-state index contributed by atoms with van der Waals surface area (Å²) < 4.78 is 113. The van der Waals surface area contributed by atoms with Gasteiger partial charge in [-0.3, -0.25) is 9.35 Å². The largest absolute Gasteiger partial charge is 0.397 e. The maximum Gasteiger partial charge on any atom is 0.397 e. The maximum absolute atomic E-state index is 13.6. The summed E-state index contributed by atoms with van der Waals surface area (Å²) in [5.41, 5.74) is -1.40. The van der Waals surface area contributed by atoms with Gasteiger partial charge in [0.15, 0.2) is 37.7 Å². The van der Waals surface area contributed by atoms with E-state index in [4.69, 9.17) is 61.0 Å². The fourth-order valence-electron chi connectivity index (χ4n) is 17.2. The number of aliphatic hydroxyl groups is 16. The summed E-state index contributed by atoms with van der Waals surface area (Å²) in [6, 6.07) is 0. The fourth-order valence-corrected chi connectivity index (χ4v) is 17.7. The van der Waals surface area contributed by atoms with Crippen molar-refractivity contribution in [2.24, 2.45) is 46.3 Å². The van der Waals surface area contributed by atoms with Crippen molar-refractivity contribution in [1.82, 2.24) is 0 Å². The average Bonchev–Trinajstić information content (AvgIpc) is 1.68. The van der Waals surface area contributed by atoms with Crippen molar-refractivity contribution in [3.05, 3.63) is 11.6 Å². The third-order valence-electron chi connectivity index (χ3n) is 23.3. The molecule has 0 amide bonds. The number of fused-ring (bicyclic) bond motifs is 5. The lowest BCUT2D eigenvalue weighted by atomic mass is 9.47. The summed E-state index contributed by atoms with van der Waals surface area (Å²) in [5.74, 6) is -1.27. The van der Waals surface area contributed by atoms with Crippen molar-refractivity contribution in [1.29, 1.82) is 0 Å². The maximum atomic E-state index is 13.6. The molecule has 6 aliphatic heterocycles. The molecule has 4 aliphatic carbocycles. The molecule has 0 bridgehead atoms. The van der Waals surface area contributed by atoms with Crippen molar-refractivity contribution in [3.8, 4) is 0 Å². The van der Waals surface area contributed by atoms with Crippen molar-refractivity contribution in [3.63, 3.8) is 0 Å². The van der Waals surface area contributed by atoms with Crippen LogP contribution >= 0.6 is 0 Å². The Balaban J connectivity index is 0.904. The number of hydrogen-bond acceptors (Lipinski definition) is 32. The van der Waals surface area contributed by atoms with Crippen LogP contribution in [0.3, 0.4) is 0 Å². The van der Waals surface area contributed by atoms with Gasteiger partial charge in [-0.1, -0.05) is 46.3 Å². The topological polar surface area (TPSA) is 515 Å². The molecule has 6 heterocycles. The van der Waals surface area contributed by atoms with Crippen molar-refractivity contribution >= 4 is 16.2 Å². The van der Waals surface area contributed by atoms with E-state index in [-0.39, 0.29) is 54.6 Å². The molecule has 34 heteroatoms. The summed E-state index contributed by atoms with van der Waals surface area (Å²) in [6.07, 6.45) is -49.0. The number of aliphatic hydroxyl groups excluding tert-OH is 15. The van der Waals surface area contributed by atoms with Crippen LogP contribution in [0, 0.1) is 46.3 Å². The highest BCUT2D eigenvalue weighted by Crippen LogP contribution is 2.67. The van der Waals surface area contributed by atoms with Gasteiger partial charge in [-0.05, 0) is 113 Å². The van der Waals surface area contributed by atoms with Crippen molar-refractivity contribution < 1.29 is 160 Å². The van der Waals surface area contributed by atoms with Gasteiger partial charge in [0.2, 0.25) is 0 Å². The average molecular weight is 1420 g/mol. The molecular weight excluding hydrogens is 1320 g/mol. The monoisotopic (exact) mass is 1420 g/mol. The van der Waals surface area contributed by atoms with Gasteiger partial charge in [-0.2, -0.15) is 8.42 Å². The van der Waals surface area contributed by atoms with Gasteiger partial charge >= 0.3 is 10.4 Å². The minimum atomic E-state index is -4.92. The van der Waals surface area contributed by atoms with Crippen LogP contribution in [-0.4, -0.2) is 316 Å². The zero-order valence-electron chi connectivity index (χ0n) is 55.8. The molecular formula is C63H104O33S. The third-order valence-corrected chi connectivity index (χ3v) is 23.8. The van der Waals surface area contributed by atoms with Crippen LogP contribution in [0.5, 0.6) is 0 Å².